The summed E-state index contributed by atoms with van der Waals surface area (Å²) in [6, 6.07) is 0.556. The predicted molar refractivity (Wildman–Crippen MR) is 77.8 cm³/mol. The maximum absolute atomic E-state index is 12.1. The molecule has 1 amide bonds. The van der Waals surface area contributed by atoms with Gasteiger partial charge in [0.25, 0.3) is 5.91 Å². The number of likely N-dealkylation sites (tertiary alicyclic amines) is 1. The first-order valence-electron chi connectivity index (χ1n) is 7.51. The molecule has 0 spiro atoms. The Morgan fingerprint density at radius 1 is 1.45 bits per heavy atom. The minimum absolute atomic E-state index is 0.0344. The number of imidazole rings is 1. The van der Waals surface area contributed by atoms with Crippen molar-refractivity contribution in [2.24, 2.45) is 5.41 Å². The fourth-order valence-electron chi connectivity index (χ4n) is 3.28. The van der Waals surface area contributed by atoms with Gasteiger partial charge in [0, 0.05) is 24.7 Å². The number of nitrogens with one attached hydrogen (secondary N) is 2. The number of H-pyrrole nitrogens is 1. The van der Waals surface area contributed by atoms with E-state index in [1.54, 1.807) is 0 Å². The third kappa shape index (κ3) is 2.59. The highest BCUT2D eigenvalue weighted by molar-refractivity contribution is 5.93. The van der Waals surface area contributed by atoms with Crippen LogP contribution in [-0.4, -0.2) is 47.0 Å². The van der Waals surface area contributed by atoms with Gasteiger partial charge in [0.05, 0.1) is 0 Å². The van der Waals surface area contributed by atoms with Crippen LogP contribution in [0.4, 0.5) is 0 Å². The van der Waals surface area contributed by atoms with E-state index in [4.69, 9.17) is 0 Å². The first kappa shape index (κ1) is 13.6. The van der Waals surface area contributed by atoms with Crippen LogP contribution < -0.4 is 5.32 Å². The van der Waals surface area contributed by atoms with E-state index in [1.807, 2.05) is 0 Å². The fourth-order valence-corrected chi connectivity index (χ4v) is 3.28. The molecule has 2 aliphatic rings. The summed E-state index contributed by atoms with van der Waals surface area (Å²) < 4.78 is 0. The Hall–Kier alpha value is -1.36. The lowest BCUT2D eigenvalue weighted by molar-refractivity contribution is 0.0940. The number of amides is 1. The van der Waals surface area contributed by atoms with Crippen LogP contribution in [0, 0.1) is 5.41 Å². The van der Waals surface area contributed by atoms with Gasteiger partial charge in [-0.2, -0.15) is 0 Å². The van der Waals surface area contributed by atoms with E-state index < -0.39 is 0 Å². The summed E-state index contributed by atoms with van der Waals surface area (Å²) in [5.41, 5.74) is 1.68. The topological polar surface area (TPSA) is 61.0 Å². The Morgan fingerprint density at radius 3 is 2.95 bits per heavy atom. The lowest BCUT2D eigenvalue weighted by Crippen LogP contribution is -2.32. The quantitative estimate of drug-likeness (QED) is 0.857. The van der Waals surface area contributed by atoms with Crippen LogP contribution in [0.15, 0.2) is 0 Å². The van der Waals surface area contributed by atoms with Gasteiger partial charge in [-0.25, -0.2) is 4.98 Å². The number of hydrogen-bond donors (Lipinski definition) is 2. The molecule has 2 N–H and O–H groups in total. The van der Waals surface area contributed by atoms with Crippen LogP contribution in [0.5, 0.6) is 0 Å². The summed E-state index contributed by atoms with van der Waals surface area (Å²) in [6.45, 7) is 6.22. The lowest BCUT2D eigenvalue weighted by Gasteiger charge is -2.21. The van der Waals surface area contributed by atoms with Crippen molar-refractivity contribution in [3.8, 4) is 0 Å². The number of aromatic nitrogens is 2. The normalized spacial score (nSPS) is 26.1. The number of rotatable bonds is 2. The highest BCUT2D eigenvalue weighted by atomic mass is 16.1. The second-order valence-corrected chi connectivity index (χ2v) is 7.02. The van der Waals surface area contributed by atoms with Gasteiger partial charge in [0.15, 0.2) is 0 Å². The predicted octanol–water partition coefficient (Wildman–Crippen LogP) is 1.36. The molecule has 1 saturated heterocycles. The summed E-state index contributed by atoms with van der Waals surface area (Å²) in [6.07, 6.45) is 4.26. The molecule has 3 rings (SSSR count). The highest BCUT2D eigenvalue weighted by Gasteiger charge is 2.30. The first-order valence-corrected chi connectivity index (χ1v) is 7.51. The van der Waals surface area contributed by atoms with E-state index in [2.05, 4.69) is 41.1 Å². The molecule has 5 heteroatoms. The number of likely N-dealkylation sites (N-methyl/N-ethyl adjacent to an activating group) is 1. The molecule has 1 atom stereocenters. The van der Waals surface area contributed by atoms with Crippen molar-refractivity contribution in [3.63, 3.8) is 0 Å². The smallest absolute Gasteiger partial charge is 0.271 e. The Morgan fingerprint density at radius 2 is 2.25 bits per heavy atom. The van der Waals surface area contributed by atoms with Crippen LogP contribution in [-0.2, 0) is 12.8 Å². The second kappa shape index (κ2) is 4.88. The second-order valence-electron chi connectivity index (χ2n) is 7.02. The van der Waals surface area contributed by atoms with Crippen molar-refractivity contribution in [3.05, 3.63) is 17.2 Å². The number of carbonyl (C=O) groups excluding carboxylic acids is 1. The van der Waals surface area contributed by atoms with Crippen LogP contribution in [0.2, 0.25) is 0 Å². The molecule has 0 unspecified atom stereocenters. The van der Waals surface area contributed by atoms with E-state index in [9.17, 15) is 4.79 Å². The van der Waals surface area contributed by atoms with Crippen molar-refractivity contribution >= 4 is 5.91 Å². The summed E-state index contributed by atoms with van der Waals surface area (Å²) in [5, 5.41) is 2.97. The van der Waals surface area contributed by atoms with Crippen molar-refractivity contribution in [1.29, 1.82) is 0 Å². The molecule has 1 aromatic heterocycles. The number of aromatic amines is 1. The van der Waals surface area contributed by atoms with Crippen LogP contribution in [0.1, 0.15) is 48.7 Å². The molecule has 1 aromatic rings. The van der Waals surface area contributed by atoms with Crippen molar-refractivity contribution in [2.45, 2.75) is 45.6 Å². The maximum atomic E-state index is 12.1. The van der Waals surface area contributed by atoms with Gasteiger partial charge in [0.2, 0.25) is 0 Å². The molecular weight excluding hydrogens is 252 g/mol. The zero-order chi connectivity index (χ0) is 14.3. The molecule has 1 fully saturated rings. The average molecular weight is 276 g/mol. The number of carbonyl (C=O) groups is 1. The van der Waals surface area contributed by atoms with Crippen LogP contribution in [0.25, 0.3) is 0 Å². The Kier molecular flexibility index (Phi) is 3.32. The summed E-state index contributed by atoms with van der Waals surface area (Å²) >= 11 is 0. The molecular formula is C15H24N4O. The SMILES string of the molecule is CN1CCC[C@H]1Cc1nc2c([nH]1)CC(C)(C)CNC2=O. The zero-order valence-electron chi connectivity index (χ0n) is 12.6. The van der Waals surface area contributed by atoms with E-state index in [0.717, 1.165) is 24.4 Å². The zero-order valence-corrected chi connectivity index (χ0v) is 12.6. The Bertz CT molecular complexity index is 520. The van der Waals surface area contributed by atoms with E-state index in [1.165, 1.54) is 19.4 Å². The molecule has 3 heterocycles. The average Bonchev–Trinajstić information content (AvgIpc) is 2.92. The van der Waals surface area contributed by atoms with Crippen molar-refractivity contribution in [2.75, 3.05) is 20.1 Å². The summed E-state index contributed by atoms with van der Waals surface area (Å²) in [7, 11) is 2.17. The molecule has 0 aliphatic carbocycles. The third-order valence-electron chi connectivity index (χ3n) is 4.53. The molecule has 5 nitrogen and oxygen atoms in total. The van der Waals surface area contributed by atoms with Gasteiger partial charge in [-0.3, -0.25) is 4.79 Å². The highest BCUT2D eigenvalue weighted by Crippen LogP contribution is 2.26. The molecule has 110 valence electrons. The molecule has 0 bridgehead atoms. The number of nitrogens with zero attached hydrogens (tertiary/aromatic N) is 2. The number of hydrogen-bond acceptors (Lipinski definition) is 3. The van der Waals surface area contributed by atoms with E-state index in [-0.39, 0.29) is 11.3 Å². The maximum Gasteiger partial charge on any atom is 0.271 e. The molecule has 0 saturated carbocycles. The van der Waals surface area contributed by atoms with E-state index in [0.29, 0.717) is 18.3 Å². The van der Waals surface area contributed by atoms with Gasteiger partial charge in [-0.15, -0.1) is 0 Å². The van der Waals surface area contributed by atoms with Gasteiger partial charge >= 0.3 is 0 Å². The van der Waals surface area contributed by atoms with E-state index >= 15 is 0 Å². The van der Waals surface area contributed by atoms with Gasteiger partial charge in [-0.1, -0.05) is 13.8 Å². The minimum atomic E-state index is -0.0344. The standard InChI is InChI=1S/C15H24N4O/c1-15(2)8-11-13(14(20)16-9-15)18-12(17-11)7-10-5-4-6-19(10)3/h10H,4-9H2,1-3H3,(H,16,20)(H,17,18)/t10-/m0/s1. The largest absolute Gasteiger partial charge is 0.350 e. The van der Waals surface area contributed by atoms with Crippen molar-refractivity contribution in [1.82, 2.24) is 20.2 Å². The lowest BCUT2D eigenvalue weighted by atomic mass is 9.88. The summed E-state index contributed by atoms with van der Waals surface area (Å²) in [5.74, 6) is 0.925. The van der Waals surface area contributed by atoms with Crippen molar-refractivity contribution < 1.29 is 4.79 Å². The Balaban J connectivity index is 1.82. The van der Waals surface area contributed by atoms with Gasteiger partial charge in [-0.05, 0) is 38.3 Å². The fraction of sp³-hybridized carbons (Fsp3) is 0.733. The molecule has 2 aliphatic heterocycles. The Labute approximate surface area is 120 Å². The van der Waals surface area contributed by atoms with Gasteiger partial charge < -0.3 is 15.2 Å². The molecule has 0 aromatic carbocycles. The van der Waals surface area contributed by atoms with Gasteiger partial charge in [0.1, 0.15) is 11.5 Å². The van der Waals surface area contributed by atoms with Crippen LogP contribution in [0.3, 0.4) is 0 Å². The monoisotopic (exact) mass is 276 g/mol. The number of fused-ring (bicyclic) bond motifs is 1. The third-order valence-corrected chi connectivity index (χ3v) is 4.53. The first-order chi connectivity index (χ1) is 9.44. The molecule has 20 heavy (non-hydrogen) atoms. The minimum Gasteiger partial charge on any atom is -0.350 e. The van der Waals surface area contributed by atoms with Crippen LogP contribution >= 0.6 is 0 Å². The molecule has 0 radical (unpaired) electrons. The summed E-state index contributed by atoms with van der Waals surface area (Å²) in [4.78, 5) is 22.5.